The third-order valence-electron chi connectivity index (χ3n) is 3.41. The summed E-state index contributed by atoms with van der Waals surface area (Å²) in [5.41, 5.74) is 2.24. The van der Waals surface area contributed by atoms with Gasteiger partial charge in [-0.1, -0.05) is 19.1 Å². The molecule has 1 heterocycles. The molecule has 1 unspecified atom stereocenters. The van der Waals surface area contributed by atoms with Crippen molar-refractivity contribution in [2.24, 2.45) is 0 Å². The molecule has 0 aliphatic rings. The normalized spacial score (nSPS) is 12.3. The van der Waals surface area contributed by atoms with Gasteiger partial charge in [-0.2, -0.15) is 0 Å². The second-order valence-corrected chi connectivity index (χ2v) is 5.92. The van der Waals surface area contributed by atoms with E-state index in [0.29, 0.717) is 4.47 Å². The molecule has 1 atom stereocenters. The minimum atomic E-state index is -0.203. The van der Waals surface area contributed by atoms with Crippen LogP contribution in [0.25, 0.3) is 0 Å². The lowest BCUT2D eigenvalue weighted by molar-refractivity contribution is 0.502. The van der Waals surface area contributed by atoms with Gasteiger partial charge in [-0.05, 0) is 71.1 Å². The van der Waals surface area contributed by atoms with E-state index in [2.05, 4.69) is 33.2 Å². The Balaban J connectivity index is 2.10. The van der Waals surface area contributed by atoms with Gasteiger partial charge in [0.25, 0.3) is 0 Å². The van der Waals surface area contributed by atoms with E-state index >= 15 is 0 Å². The summed E-state index contributed by atoms with van der Waals surface area (Å²) in [4.78, 5) is 4.05. The Labute approximate surface area is 133 Å². The molecule has 0 spiro atoms. The highest BCUT2D eigenvalue weighted by molar-refractivity contribution is 9.10. The van der Waals surface area contributed by atoms with Crippen LogP contribution in [0.2, 0.25) is 0 Å². The number of benzene rings is 1. The van der Waals surface area contributed by atoms with E-state index in [0.717, 1.165) is 31.4 Å². The molecule has 0 saturated heterocycles. The average molecular weight is 351 g/mol. The third-order valence-corrected chi connectivity index (χ3v) is 4.30. The van der Waals surface area contributed by atoms with Crippen molar-refractivity contribution in [3.05, 3.63) is 64.1 Å². The molecule has 0 saturated carbocycles. The summed E-state index contributed by atoms with van der Waals surface area (Å²) in [6, 6.07) is 9.55. The van der Waals surface area contributed by atoms with Crippen molar-refractivity contribution in [1.82, 2.24) is 10.3 Å². The van der Waals surface area contributed by atoms with E-state index in [-0.39, 0.29) is 11.9 Å². The Bertz CT molecular complexity index is 560. The highest BCUT2D eigenvalue weighted by atomic mass is 79.9. The zero-order chi connectivity index (χ0) is 15.1. The minimum Gasteiger partial charge on any atom is -0.313 e. The van der Waals surface area contributed by atoms with Crippen LogP contribution in [0.15, 0.2) is 47.2 Å². The fraction of sp³-hybridized carbons (Fsp3) is 0.353. The molecule has 2 aromatic rings. The van der Waals surface area contributed by atoms with Gasteiger partial charge in [0.05, 0.1) is 4.47 Å². The predicted molar refractivity (Wildman–Crippen MR) is 87.8 cm³/mol. The van der Waals surface area contributed by atoms with Crippen LogP contribution in [-0.2, 0) is 12.8 Å². The van der Waals surface area contributed by atoms with E-state index < -0.39 is 0 Å². The van der Waals surface area contributed by atoms with Gasteiger partial charge < -0.3 is 5.32 Å². The molecule has 2 nitrogen and oxygen atoms in total. The fourth-order valence-corrected chi connectivity index (χ4v) is 2.77. The van der Waals surface area contributed by atoms with Crippen LogP contribution in [0.1, 0.15) is 24.5 Å². The van der Waals surface area contributed by atoms with Crippen LogP contribution in [0.5, 0.6) is 0 Å². The molecule has 0 bridgehead atoms. The lowest BCUT2D eigenvalue weighted by Gasteiger charge is -2.19. The topological polar surface area (TPSA) is 24.9 Å². The first-order valence-electron chi connectivity index (χ1n) is 7.26. The molecule has 0 radical (unpaired) electrons. The van der Waals surface area contributed by atoms with Crippen molar-refractivity contribution in [3.8, 4) is 0 Å². The Morgan fingerprint density at radius 1 is 1.19 bits per heavy atom. The van der Waals surface area contributed by atoms with E-state index in [1.165, 1.54) is 11.6 Å². The Kier molecular flexibility index (Phi) is 6.33. The maximum atomic E-state index is 13.6. The van der Waals surface area contributed by atoms with Crippen LogP contribution in [0.4, 0.5) is 4.39 Å². The molecule has 2 rings (SSSR count). The molecule has 0 fully saturated rings. The van der Waals surface area contributed by atoms with Crippen molar-refractivity contribution >= 4 is 15.9 Å². The summed E-state index contributed by atoms with van der Waals surface area (Å²) in [6.07, 6.45) is 6.40. The van der Waals surface area contributed by atoms with Crippen LogP contribution in [0, 0.1) is 5.82 Å². The number of aromatic nitrogens is 1. The van der Waals surface area contributed by atoms with E-state index in [1.807, 2.05) is 30.6 Å². The largest absolute Gasteiger partial charge is 0.313 e. The highest BCUT2D eigenvalue weighted by Gasteiger charge is 2.13. The number of nitrogens with zero attached hydrogens (tertiary/aromatic N) is 1. The Hall–Kier alpha value is -1.26. The number of rotatable bonds is 7. The van der Waals surface area contributed by atoms with Crippen molar-refractivity contribution in [1.29, 1.82) is 0 Å². The predicted octanol–water partition coefficient (Wildman–Crippen LogP) is 4.14. The second kappa shape index (κ2) is 8.25. The average Bonchev–Trinajstić information content (AvgIpc) is 2.50. The number of hydrogen-bond acceptors (Lipinski definition) is 2. The van der Waals surface area contributed by atoms with Crippen LogP contribution >= 0.6 is 15.9 Å². The zero-order valence-corrected chi connectivity index (χ0v) is 13.7. The Morgan fingerprint density at radius 2 is 1.95 bits per heavy atom. The monoisotopic (exact) mass is 350 g/mol. The molecule has 21 heavy (non-hydrogen) atoms. The first-order chi connectivity index (χ1) is 10.2. The summed E-state index contributed by atoms with van der Waals surface area (Å²) < 4.78 is 14.2. The van der Waals surface area contributed by atoms with Gasteiger partial charge in [0.2, 0.25) is 0 Å². The zero-order valence-electron chi connectivity index (χ0n) is 12.2. The van der Waals surface area contributed by atoms with Gasteiger partial charge in [0.15, 0.2) is 0 Å². The summed E-state index contributed by atoms with van der Waals surface area (Å²) in [5.74, 6) is -0.203. The molecular formula is C17H20BrFN2. The van der Waals surface area contributed by atoms with Gasteiger partial charge in [-0.3, -0.25) is 4.98 Å². The summed E-state index contributed by atoms with van der Waals surface area (Å²) >= 11 is 3.35. The molecule has 4 heteroatoms. The van der Waals surface area contributed by atoms with Crippen molar-refractivity contribution in [2.45, 2.75) is 32.2 Å². The van der Waals surface area contributed by atoms with Crippen LogP contribution in [0.3, 0.4) is 0 Å². The van der Waals surface area contributed by atoms with Crippen molar-refractivity contribution in [2.75, 3.05) is 6.54 Å². The standard InChI is InChI=1S/C17H20BrFN2/c1-2-8-21-15(11-13-6-9-20-10-7-13)12-14-4-3-5-16(19)17(14)18/h3-7,9-10,15,21H,2,8,11-12H2,1H3. The third kappa shape index (κ3) is 4.90. The Morgan fingerprint density at radius 3 is 2.67 bits per heavy atom. The second-order valence-electron chi connectivity index (χ2n) is 5.13. The smallest absolute Gasteiger partial charge is 0.137 e. The first-order valence-corrected chi connectivity index (χ1v) is 8.05. The van der Waals surface area contributed by atoms with Gasteiger partial charge in [-0.15, -0.1) is 0 Å². The van der Waals surface area contributed by atoms with Crippen molar-refractivity contribution < 1.29 is 4.39 Å². The molecule has 0 aliphatic heterocycles. The summed E-state index contributed by atoms with van der Waals surface area (Å²) in [6.45, 7) is 3.11. The van der Waals surface area contributed by atoms with Gasteiger partial charge in [0.1, 0.15) is 5.82 Å². The molecular weight excluding hydrogens is 331 g/mol. The number of hydrogen-bond donors (Lipinski definition) is 1. The van der Waals surface area contributed by atoms with Gasteiger partial charge >= 0.3 is 0 Å². The van der Waals surface area contributed by atoms with Gasteiger partial charge in [0, 0.05) is 18.4 Å². The first kappa shape index (κ1) is 16.1. The van der Waals surface area contributed by atoms with Crippen molar-refractivity contribution in [3.63, 3.8) is 0 Å². The molecule has 1 aromatic heterocycles. The summed E-state index contributed by atoms with van der Waals surface area (Å²) in [7, 11) is 0. The van der Waals surface area contributed by atoms with Crippen LogP contribution in [-0.4, -0.2) is 17.6 Å². The minimum absolute atomic E-state index is 0.203. The maximum Gasteiger partial charge on any atom is 0.137 e. The van der Waals surface area contributed by atoms with Gasteiger partial charge in [-0.25, -0.2) is 4.39 Å². The lowest BCUT2D eigenvalue weighted by Crippen LogP contribution is -2.34. The van der Waals surface area contributed by atoms with E-state index in [1.54, 1.807) is 6.07 Å². The molecule has 1 aromatic carbocycles. The quantitative estimate of drug-likeness (QED) is 0.811. The fourth-order valence-electron chi connectivity index (χ4n) is 2.34. The molecule has 0 aliphatic carbocycles. The maximum absolute atomic E-state index is 13.6. The summed E-state index contributed by atoms with van der Waals surface area (Å²) in [5, 5.41) is 3.55. The molecule has 1 N–H and O–H groups in total. The van der Waals surface area contributed by atoms with Crippen LogP contribution < -0.4 is 5.32 Å². The molecule has 0 amide bonds. The molecule has 112 valence electrons. The lowest BCUT2D eigenvalue weighted by atomic mass is 9.99. The SMILES string of the molecule is CCCNC(Cc1ccncc1)Cc1cccc(F)c1Br. The number of halogens is 2. The highest BCUT2D eigenvalue weighted by Crippen LogP contribution is 2.22. The van der Waals surface area contributed by atoms with E-state index in [9.17, 15) is 4.39 Å². The number of pyridine rings is 1. The van der Waals surface area contributed by atoms with E-state index in [4.69, 9.17) is 0 Å². The number of nitrogens with one attached hydrogen (secondary N) is 1.